The number of carbonyl (C=O) groups excluding carboxylic acids is 2. The third-order valence-electron chi connectivity index (χ3n) is 21.3. The van der Waals surface area contributed by atoms with E-state index >= 15 is 4.79 Å². The Hall–Kier alpha value is -2.90. The van der Waals surface area contributed by atoms with Crippen LogP contribution >= 0.6 is 0 Å². The van der Waals surface area contributed by atoms with E-state index in [1.807, 2.05) is 19.1 Å². The maximum absolute atomic E-state index is 16.2. The molecule has 1 aromatic rings. The third kappa shape index (κ3) is 4.60. The zero-order valence-corrected chi connectivity index (χ0v) is 36.5. The lowest BCUT2D eigenvalue weighted by atomic mass is 9.26. The smallest absolute Gasteiger partial charge is 0.159 e. The minimum absolute atomic E-state index is 0.0654. The monoisotopic (exact) mass is 830 g/mol. The van der Waals surface area contributed by atoms with E-state index in [4.69, 9.17) is 0 Å². The molecule has 61 heavy (non-hydrogen) atoms. The van der Waals surface area contributed by atoms with E-state index in [1.165, 1.54) is 0 Å². The molecule has 12 rings (SSSR count). The van der Waals surface area contributed by atoms with E-state index in [-0.39, 0.29) is 46.2 Å². The van der Waals surface area contributed by atoms with Gasteiger partial charge < -0.3 is 30.6 Å². The number of aliphatic hydroxyl groups excluding tert-OH is 5. The number of allylic oxidation sites excluding steroid dienone is 3. The van der Waals surface area contributed by atoms with Crippen LogP contribution in [-0.4, -0.2) is 73.2 Å². The highest BCUT2D eigenvalue weighted by atomic mass is 16.3. The third-order valence-corrected chi connectivity index (χ3v) is 21.3. The fraction of sp³-hybridized carbons (Fsp3) is 0.698. The molecule has 6 saturated carbocycles. The van der Waals surface area contributed by atoms with Crippen molar-refractivity contribution in [3.05, 3.63) is 57.5 Å². The molecule has 18 unspecified atom stereocenters. The molecule has 0 amide bonds. The molecule has 1 aromatic carbocycles. The van der Waals surface area contributed by atoms with Gasteiger partial charge in [-0.15, -0.1) is 5.92 Å². The Balaban J connectivity index is 1.19. The van der Waals surface area contributed by atoms with Crippen LogP contribution in [0.15, 0.2) is 35.9 Å². The van der Waals surface area contributed by atoms with Gasteiger partial charge >= 0.3 is 0 Å². The van der Waals surface area contributed by atoms with Crippen LogP contribution in [0.3, 0.4) is 0 Å². The number of benzene rings is 1. The van der Waals surface area contributed by atoms with Crippen LogP contribution in [0.1, 0.15) is 140 Å². The maximum atomic E-state index is 16.2. The number of ketones is 1. The summed E-state index contributed by atoms with van der Waals surface area (Å²) >= 11 is 0. The number of aliphatic hydroxyl groups is 6. The molecule has 4 bridgehead atoms. The van der Waals surface area contributed by atoms with E-state index in [2.05, 4.69) is 50.0 Å². The second kappa shape index (κ2) is 12.9. The van der Waals surface area contributed by atoms with Gasteiger partial charge in [-0.3, -0.25) is 9.59 Å². The quantitative estimate of drug-likeness (QED) is 0.137. The Morgan fingerprint density at radius 1 is 0.951 bits per heavy atom. The Labute approximate surface area is 360 Å². The van der Waals surface area contributed by atoms with Crippen molar-refractivity contribution in [1.29, 1.82) is 0 Å². The highest BCUT2D eigenvalue weighted by molar-refractivity contribution is 5.96. The van der Waals surface area contributed by atoms with Gasteiger partial charge in [-0.05, 0) is 175 Å². The molecular weight excluding hydrogens is 765 g/mol. The average Bonchev–Trinajstić information content (AvgIpc) is 3.64. The number of carbonyl (C=O) groups is 2. The first kappa shape index (κ1) is 40.8. The van der Waals surface area contributed by atoms with Crippen LogP contribution in [0.5, 0.6) is 0 Å². The number of hydrogen-bond donors (Lipinski definition) is 6. The molecule has 8 nitrogen and oxygen atoms in total. The lowest BCUT2D eigenvalue weighted by Crippen LogP contribution is -2.78. The average molecular weight is 831 g/mol. The Morgan fingerprint density at radius 3 is 2.49 bits per heavy atom. The highest BCUT2D eigenvalue weighted by Gasteiger charge is 2.83. The topological polar surface area (TPSA) is 156 Å². The summed E-state index contributed by atoms with van der Waals surface area (Å²) in [5, 5.41) is 74.0. The van der Waals surface area contributed by atoms with Gasteiger partial charge in [-0.2, -0.15) is 0 Å². The van der Waals surface area contributed by atoms with Crippen molar-refractivity contribution in [1.82, 2.24) is 0 Å². The number of hydrogen-bond acceptors (Lipinski definition) is 8. The van der Waals surface area contributed by atoms with Crippen LogP contribution in [0.25, 0.3) is 12.2 Å². The molecule has 0 aliphatic heterocycles. The fourth-order valence-electron chi connectivity index (χ4n) is 19.2. The number of rotatable bonds is 4. The zero-order chi connectivity index (χ0) is 42.9. The van der Waals surface area contributed by atoms with Crippen LogP contribution in [0.4, 0.5) is 0 Å². The lowest BCUT2D eigenvalue weighted by molar-refractivity contribution is -0.294. The van der Waals surface area contributed by atoms with E-state index in [0.717, 1.165) is 73.7 Å². The maximum Gasteiger partial charge on any atom is 0.159 e. The molecule has 6 N–H and O–H groups in total. The Kier molecular flexibility index (Phi) is 8.63. The minimum Gasteiger partial charge on any atom is -0.394 e. The summed E-state index contributed by atoms with van der Waals surface area (Å²) in [7, 11) is 0. The second-order valence-corrected chi connectivity index (χ2v) is 23.2. The summed E-state index contributed by atoms with van der Waals surface area (Å²) in [4.78, 5) is 29.0. The second-order valence-electron chi connectivity index (χ2n) is 23.2. The summed E-state index contributed by atoms with van der Waals surface area (Å²) < 4.78 is 0. The summed E-state index contributed by atoms with van der Waals surface area (Å²) in [5.74, 6) is 5.68. The van der Waals surface area contributed by atoms with Crippen molar-refractivity contribution in [2.24, 2.45) is 73.4 Å². The summed E-state index contributed by atoms with van der Waals surface area (Å²) in [6.07, 6.45) is 18.2. The predicted octanol–water partition coefficient (Wildman–Crippen LogP) is 5.23. The first-order valence-electron chi connectivity index (χ1n) is 23.8. The molecule has 0 heterocycles. The molecule has 0 radical (unpaired) electrons. The van der Waals surface area contributed by atoms with E-state index < -0.39 is 69.6 Å². The van der Waals surface area contributed by atoms with Gasteiger partial charge in [-0.1, -0.05) is 63.0 Å². The zero-order valence-electron chi connectivity index (χ0n) is 36.5. The minimum atomic E-state index is -1.39. The van der Waals surface area contributed by atoms with Gasteiger partial charge in [-0.25, -0.2) is 0 Å². The molecule has 8 heteroatoms. The van der Waals surface area contributed by atoms with E-state index in [9.17, 15) is 35.4 Å². The van der Waals surface area contributed by atoms with Gasteiger partial charge in [0, 0.05) is 23.3 Å². The van der Waals surface area contributed by atoms with Gasteiger partial charge in [0.2, 0.25) is 0 Å². The van der Waals surface area contributed by atoms with Crippen LogP contribution in [-0.2, 0) is 4.79 Å². The normalized spacial score (nSPS) is 51.7. The largest absolute Gasteiger partial charge is 0.394 e. The van der Waals surface area contributed by atoms with Crippen molar-refractivity contribution in [3.8, 4) is 11.8 Å². The van der Waals surface area contributed by atoms with Crippen LogP contribution in [0, 0.1) is 85.3 Å². The highest BCUT2D eigenvalue weighted by Crippen LogP contribution is 2.85. The summed E-state index contributed by atoms with van der Waals surface area (Å²) in [5.41, 5.74) is -3.64. The molecule has 18 atom stereocenters. The molecule has 326 valence electrons. The SMILES string of the molecule is CC(O)c1cc(C=O)c2c(c1)=CC1C(C=2)CCC23CCC4C(C)(C(O)CO)C(O)CCC14C2C(=O)C=C1C2CC4(C)CCC#CC(O)C25C(O)(C=CC2CCCC25C4)CC13C. The van der Waals surface area contributed by atoms with Gasteiger partial charge in [0.15, 0.2) is 12.1 Å². The molecule has 0 aromatic heterocycles. The standard InChI is InChI=1S/C53H66O8/c1-30(56)32-20-33-23-37-31(22-36(33)34(21-32)26-54)10-16-49-17-12-41-48(4,44(60)27-55)42(58)13-19-52(37,41)45(49)40(57)24-38-39-25-46(2)14-6-5-9-43(59)53(39)50(28-46)15-7-8-35(50)11-18-51(53,61)29-47(38,49)3/h11,18,20-24,26,30-31,35,37,39,41-45,55-56,58-61H,6-8,10,12-17,19,25,27-29H2,1-4H3. The Bertz CT molecular complexity index is 2370. The Morgan fingerprint density at radius 2 is 1.74 bits per heavy atom. The van der Waals surface area contributed by atoms with Crippen molar-refractivity contribution in [3.63, 3.8) is 0 Å². The van der Waals surface area contributed by atoms with Gasteiger partial charge in [0.1, 0.15) is 6.10 Å². The lowest BCUT2D eigenvalue weighted by Gasteiger charge is -2.78. The molecule has 0 saturated heterocycles. The fourth-order valence-corrected chi connectivity index (χ4v) is 19.2. The van der Waals surface area contributed by atoms with Crippen molar-refractivity contribution < 1.29 is 40.2 Å². The van der Waals surface area contributed by atoms with Gasteiger partial charge in [0.25, 0.3) is 0 Å². The summed E-state index contributed by atoms with van der Waals surface area (Å²) in [6, 6.07) is 3.76. The molecule has 6 fully saturated rings. The van der Waals surface area contributed by atoms with E-state index in [0.29, 0.717) is 49.7 Å². The summed E-state index contributed by atoms with van der Waals surface area (Å²) in [6.45, 7) is 7.89. The first-order valence-corrected chi connectivity index (χ1v) is 23.8. The van der Waals surface area contributed by atoms with Crippen molar-refractivity contribution in [2.45, 2.75) is 148 Å². The van der Waals surface area contributed by atoms with Crippen molar-refractivity contribution >= 4 is 24.2 Å². The van der Waals surface area contributed by atoms with Crippen LogP contribution < -0.4 is 10.4 Å². The van der Waals surface area contributed by atoms with Crippen LogP contribution in [0.2, 0.25) is 0 Å². The molecular formula is C53H66O8. The molecule has 11 aliphatic rings. The van der Waals surface area contributed by atoms with E-state index in [1.54, 1.807) is 13.0 Å². The molecule has 11 aliphatic carbocycles. The molecule has 3 spiro atoms. The van der Waals surface area contributed by atoms with Gasteiger partial charge in [0.05, 0.1) is 35.9 Å². The first-order chi connectivity index (χ1) is 28.9. The number of fused-ring (bicyclic) bond motifs is 6. The van der Waals surface area contributed by atoms with Crippen molar-refractivity contribution in [2.75, 3.05) is 6.61 Å². The number of aldehydes is 1. The predicted molar refractivity (Wildman–Crippen MR) is 230 cm³/mol.